The van der Waals surface area contributed by atoms with E-state index in [1.54, 1.807) is 0 Å². The smallest absolute Gasteiger partial charge is 0.0792 e. The standard InChI is InChI=1S/C28H27N/c1-17(2)14-19-8-10-22-23-7-5-6-20-12-13-29-28(27(20)23)24-11-9-21(18(3)4)16-26(24)25(22)15-19/h5-13,15-18H,14H2,1-4H3. The molecule has 0 atom stereocenters. The SMILES string of the molecule is CC(C)Cc1ccc2c(c1)-c1cc(C(C)C)ccc1-c1nccc3cccc-2c13. The fraction of sp³-hybridized carbons (Fsp3) is 0.250. The minimum atomic E-state index is 0.497. The van der Waals surface area contributed by atoms with Crippen LogP contribution in [0, 0.1) is 5.92 Å². The van der Waals surface area contributed by atoms with Crippen LogP contribution < -0.4 is 0 Å². The molecule has 0 bridgehead atoms. The van der Waals surface area contributed by atoms with Crippen LogP contribution in [0.5, 0.6) is 0 Å². The van der Waals surface area contributed by atoms with Crippen LogP contribution in [0.25, 0.3) is 44.3 Å². The molecule has 0 aliphatic heterocycles. The highest BCUT2D eigenvalue weighted by atomic mass is 14.7. The molecule has 5 rings (SSSR count). The Morgan fingerprint density at radius 1 is 0.724 bits per heavy atom. The van der Waals surface area contributed by atoms with E-state index in [2.05, 4.69) is 88.4 Å². The Morgan fingerprint density at radius 3 is 2.31 bits per heavy atom. The third-order valence-corrected chi connectivity index (χ3v) is 6.06. The second kappa shape index (κ2) is 6.84. The largest absolute Gasteiger partial charge is 0.256 e. The molecule has 0 saturated heterocycles. The van der Waals surface area contributed by atoms with Crippen LogP contribution in [0.1, 0.15) is 44.7 Å². The highest BCUT2D eigenvalue weighted by Crippen LogP contribution is 2.47. The molecule has 0 N–H and O–H groups in total. The summed E-state index contributed by atoms with van der Waals surface area (Å²) in [6, 6.07) is 22.8. The maximum Gasteiger partial charge on any atom is 0.0792 e. The van der Waals surface area contributed by atoms with Crippen LogP contribution >= 0.6 is 0 Å². The van der Waals surface area contributed by atoms with E-state index in [1.807, 2.05) is 6.20 Å². The van der Waals surface area contributed by atoms with Gasteiger partial charge in [-0.1, -0.05) is 82.3 Å². The lowest BCUT2D eigenvalue weighted by atomic mass is 9.88. The average molecular weight is 378 g/mol. The average Bonchev–Trinajstić information content (AvgIpc) is 2.82. The summed E-state index contributed by atoms with van der Waals surface area (Å²) in [6.07, 6.45) is 3.05. The third kappa shape index (κ3) is 2.97. The zero-order valence-electron chi connectivity index (χ0n) is 17.7. The summed E-state index contributed by atoms with van der Waals surface area (Å²) in [5.74, 6) is 1.14. The molecule has 0 spiro atoms. The van der Waals surface area contributed by atoms with E-state index in [0.717, 1.165) is 12.1 Å². The van der Waals surface area contributed by atoms with Crippen molar-refractivity contribution in [3.05, 3.63) is 78.0 Å². The van der Waals surface area contributed by atoms with E-state index in [0.29, 0.717) is 11.8 Å². The summed E-state index contributed by atoms with van der Waals surface area (Å²) in [7, 11) is 0. The van der Waals surface area contributed by atoms with Crippen molar-refractivity contribution in [3.63, 3.8) is 0 Å². The molecule has 0 radical (unpaired) electrons. The fourth-order valence-electron chi connectivity index (χ4n) is 4.66. The summed E-state index contributed by atoms with van der Waals surface area (Å²) in [5.41, 5.74) is 10.4. The predicted octanol–water partition coefficient (Wildman–Crippen LogP) is 7.87. The topological polar surface area (TPSA) is 12.9 Å². The highest BCUT2D eigenvalue weighted by molar-refractivity contribution is 6.12. The first-order valence-electron chi connectivity index (χ1n) is 10.7. The summed E-state index contributed by atoms with van der Waals surface area (Å²) >= 11 is 0. The first-order chi connectivity index (χ1) is 14.0. The number of aromatic nitrogens is 1. The molecule has 0 saturated carbocycles. The van der Waals surface area contributed by atoms with E-state index < -0.39 is 0 Å². The van der Waals surface area contributed by atoms with Gasteiger partial charge in [0, 0.05) is 17.1 Å². The summed E-state index contributed by atoms with van der Waals surface area (Å²) < 4.78 is 0. The van der Waals surface area contributed by atoms with Crippen molar-refractivity contribution < 1.29 is 0 Å². The number of rotatable bonds is 3. The molecule has 0 unspecified atom stereocenters. The van der Waals surface area contributed by atoms with Gasteiger partial charge in [-0.25, -0.2) is 0 Å². The number of fused-ring (bicyclic) bond motifs is 5. The molecular formula is C28H27N. The number of hydrogen-bond donors (Lipinski definition) is 0. The van der Waals surface area contributed by atoms with Gasteiger partial charge in [0.2, 0.25) is 0 Å². The summed E-state index contributed by atoms with van der Waals surface area (Å²) in [6.45, 7) is 9.11. The van der Waals surface area contributed by atoms with E-state index in [-0.39, 0.29) is 0 Å². The van der Waals surface area contributed by atoms with Gasteiger partial charge in [-0.2, -0.15) is 0 Å². The lowest BCUT2D eigenvalue weighted by Gasteiger charge is -2.16. The van der Waals surface area contributed by atoms with Crippen molar-refractivity contribution in [2.24, 2.45) is 5.92 Å². The molecule has 0 fully saturated rings. The van der Waals surface area contributed by atoms with Crippen molar-refractivity contribution >= 4 is 10.8 Å². The first-order valence-corrected chi connectivity index (χ1v) is 10.7. The lowest BCUT2D eigenvalue weighted by Crippen LogP contribution is -1.96. The molecule has 1 aliphatic carbocycles. The Hall–Kier alpha value is -2.93. The van der Waals surface area contributed by atoms with Crippen LogP contribution in [0.2, 0.25) is 0 Å². The molecule has 1 heterocycles. The molecule has 1 aliphatic rings. The van der Waals surface area contributed by atoms with Gasteiger partial charge >= 0.3 is 0 Å². The molecule has 3 aromatic carbocycles. The second-order valence-corrected chi connectivity index (χ2v) is 9.00. The van der Waals surface area contributed by atoms with Gasteiger partial charge in [-0.05, 0) is 63.1 Å². The minimum absolute atomic E-state index is 0.497. The Balaban J connectivity index is 1.91. The number of nitrogens with zero attached hydrogens (tertiary/aromatic N) is 1. The van der Waals surface area contributed by atoms with E-state index in [4.69, 9.17) is 4.98 Å². The van der Waals surface area contributed by atoms with Gasteiger partial charge in [-0.15, -0.1) is 0 Å². The summed E-state index contributed by atoms with van der Waals surface area (Å²) in [4.78, 5) is 4.87. The molecule has 0 amide bonds. The molecule has 1 heteroatoms. The van der Waals surface area contributed by atoms with Crippen molar-refractivity contribution in [3.8, 4) is 33.5 Å². The van der Waals surface area contributed by atoms with Gasteiger partial charge in [0.1, 0.15) is 0 Å². The zero-order chi connectivity index (χ0) is 20.1. The Morgan fingerprint density at radius 2 is 1.52 bits per heavy atom. The molecule has 1 aromatic heterocycles. The van der Waals surface area contributed by atoms with E-state index >= 15 is 0 Å². The first kappa shape index (κ1) is 18.1. The van der Waals surface area contributed by atoms with Crippen molar-refractivity contribution in [1.82, 2.24) is 4.98 Å². The molecule has 144 valence electrons. The maximum atomic E-state index is 4.87. The molecule has 4 aromatic rings. The van der Waals surface area contributed by atoms with E-state index in [1.165, 1.54) is 49.7 Å². The van der Waals surface area contributed by atoms with Crippen molar-refractivity contribution in [2.45, 2.75) is 40.0 Å². The predicted molar refractivity (Wildman–Crippen MR) is 124 cm³/mol. The van der Waals surface area contributed by atoms with Crippen molar-refractivity contribution in [2.75, 3.05) is 0 Å². The molecular weight excluding hydrogens is 350 g/mol. The number of pyridine rings is 1. The fourth-order valence-corrected chi connectivity index (χ4v) is 4.66. The Labute approximate surface area is 173 Å². The molecule has 29 heavy (non-hydrogen) atoms. The van der Waals surface area contributed by atoms with Gasteiger partial charge < -0.3 is 0 Å². The van der Waals surface area contributed by atoms with Crippen LogP contribution in [-0.4, -0.2) is 4.98 Å². The third-order valence-electron chi connectivity index (χ3n) is 6.06. The minimum Gasteiger partial charge on any atom is -0.256 e. The van der Waals surface area contributed by atoms with Gasteiger partial charge in [0.15, 0.2) is 0 Å². The maximum absolute atomic E-state index is 4.87. The van der Waals surface area contributed by atoms with Crippen LogP contribution in [-0.2, 0) is 6.42 Å². The zero-order valence-corrected chi connectivity index (χ0v) is 17.7. The highest BCUT2D eigenvalue weighted by Gasteiger charge is 2.23. The normalized spacial score (nSPS) is 12.2. The Kier molecular flexibility index (Phi) is 4.28. The quantitative estimate of drug-likeness (QED) is 0.312. The van der Waals surface area contributed by atoms with Crippen LogP contribution in [0.15, 0.2) is 66.9 Å². The van der Waals surface area contributed by atoms with E-state index in [9.17, 15) is 0 Å². The second-order valence-electron chi connectivity index (χ2n) is 9.00. The lowest BCUT2D eigenvalue weighted by molar-refractivity contribution is 0.647. The van der Waals surface area contributed by atoms with Gasteiger partial charge in [0.05, 0.1) is 5.69 Å². The summed E-state index contributed by atoms with van der Waals surface area (Å²) in [5, 5.41) is 2.52. The number of benzene rings is 3. The van der Waals surface area contributed by atoms with Crippen molar-refractivity contribution in [1.29, 1.82) is 0 Å². The number of hydrogen-bond acceptors (Lipinski definition) is 1. The van der Waals surface area contributed by atoms with Gasteiger partial charge in [-0.3, -0.25) is 4.98 Å². The van der Waals surface area contributed by atoms with Gasteiger partial charge in [0.25, 0.3) is 0 Å². The van der Waals surface area contributed by atoms with Crippen LogP contribution in [0.4, 0.5) is 0 Å². The van der Waals surface area contributed by atoms with Crippen LogP contribution in [0.3, 0.4) is 0 Å². The molecule has 1 nitrogen and oxygen atoms in total. The monoisotopic (exact) mass is 377 g/mol. The Bertz CT molecular complexity index is 1230.